The Morgan fingerprint density at radius 3 is 1.27 bits per heavy atom. The second kappa shape index (κ2) is 21.7. The van der Waals surface area contributed by atoms with Crippen molar-refractivity contribution >= 4 is 65.4 Å². The monoisotopic (exact) mass is 1090 g/mol. The molecule has 2 aromatic heterocycles. The molecule has 0 saturated heterocycles. The van der Waals surface area contributed by atoms with Gasteiger partial charge in [-0.3, -0.25) is 9.59 Å². The minimum atomic E-state index is -3.73. The highest BCUT2D eigenvalue weighted by Gasteiger charge is 2.36. The molecule has 4 atom stereocenters. The number of aliphatic carboxylic acids is 2. The van der Waals surface area contributed by atoms with Gasteiger partial charge in [-0.25, -0.2) is 26.2 Å². The lowest BCUT2D eigenvalue weighted by Gasteiger charge is -2.26. The van der Waals surface area contributed by atoms with Crippen LogP contribution in [0.1, 0.15) is 81.3 Å². The topological polar surface area (TPSA) is 217 Å². The predicted molar refractivity (Wildman–Crippen MR) is 301 cm³/mol. The molecular formula is C58H66N10O8S2. The van der Waals surface area contributed by atoms with Crippen LogP contribution < -0.4 is 9.80 Å². The number of aryl methyl sites for hydroxylation is 6. The number of para-hydroxylation sites is 2. The van der Waals surface area contributed by atoms with Crippen LogP contribution in [0.15, 0.2) is 119 Å². The number of nitrogens with zero attached hydrogens (tertiary/aromatic N) is 10. The molecule has 408 valence electrons. The fraction of sp³-hybridized carbons (Fsp3) is 0.345. The van der Waals surface area contributed by atoms with Gasteiger partial charge in [0.1, 0.15) is 20.8 Å². The second-order valence-corrected chi connectivity index (χ2v) is 24.6. The van der Waals surface area contributed by atoms with Gasteiger partial charge in [0.05, 0.1) is 34.2 Å². The molecule has 4 heterocycles. The van der Waals surface area contributed by atoms with Crippen LogP contribution in [0.3, 0.4) is 0 Å². The van der Waals surface area contributed by atoms with Crippen molar-refractivity contribution in [1.29, 1.82) is 0 Å². The average molecular weight is 1100 g/mol. The van der Waals surface area contributed by atoms with E-state index >= 15 is 0 Å². The molecule has 0 aliphatic carbocycles. The van der Waals surface area contributed by atoms with Crippen LogP contribution in [-0.4, -0.2) is 118 Å². The first-order valence-corrected chi connectivity index (χ1v) is 28.7. The maximum Gasteiger partial charge on any atom is 0.307 e. The second-order valence-electron chi connectivity index (χ2n) is 20.8. The van der Waals surface area contributed by atoms with Crippen LogP contribution in [-0.2, 0) is 56.8 Å². The summed E-state index contributed by atoms with van der Waals surface area (Å²) in [6.07, 6.45) is 0. The maximum atomic E-state index is 13.7. The number of anilines is 2. The van der Waals surface area contributed by atoms with E-state index in [9.17, 15) is 36.6 Å². The SMILES string of the molecule is Cc1ccc(C(c2ccc3c(nnn3C)c2C)C(C)C(=O)O)cc1CN1CCN(C)c2ccccc2S1(=O)=O.Cc1ccc(C(c2ccc3c(nnn3C)c2C)C(C)C(=O)O)cc1CN1CCN(C)c2ccccc2S1(=O)=O. The van der Waals surface area contributed by atoms with E-state index in [0.29, 0.717) is 47.3 Å². The largest absolute Gasteiger partial charge is 0.481 e. The number of hydrogen-bond donors (Lipinski definition) is 2. The number of carbonyl (C=O) groups is 2. The van der Waals surface area contributed by atoms with E-state index in [1.807, 2.05) is 151 Å². The van der Waals surface area contributed by atoms with Gasteiger partial charge in [0.15, 0.2) is 0 Å². The first-order chi connectivity index (χ1) is 37.0. The molecule has 20 heteroatoms. The van der Waals surface area contributed by atoms with E-state index in [-0.39, 0.29) is 13.1 Å². The molecule has 2 N–H and O–H groups in total. The Bertz CT molecular complexity index is 3610. The van der Waals surface area contributed by atoms with Gasteiger partial charge in [0.25, 0.3) is 0 Å². The lowest BCUT2D eigenvalue weighted by molar-refractivity contribution is -0.142. The molecule has 0 bridgehead atoms. The number of aromatic nitrogens is 6. The van der Waals surface area contributed by atoms with E-state index in [2.05, 4.69) is 20.6 Å². The number of sulfonamides is 2. The predicted octanol–water partition coefficient (Wildman–Crippen LogP) is 8.16. The Balaban J connectivity index is 0.000000190. The fourth-order valence-corrected chi connectivity index (χ4v) is 14.3. The summed E-state index contributed by atoms with van der Waals surface area (Å²) < 4.78 is 61.2. The van der Waals surface area contributed by atoms with Crippen molar-refractivity contribution in [2.24, 2.45) is 25.9 Å². The van der Waals surface area contributed by atoms with E-state index in [1.165, 1.54) is 8.61 Å². The van der Waals surface area contributed by atoms with Crippen molar-refractivity contribution in [3.8, 4) is 0 Å². The van der Waals surface area contributed by atoms with E-state index in [1.54, 1.807) is 47.5 Å². The van der Waals surface area contributed by atoms with Gasteiger partial charge in [0, 0.05) is 79.3 Å². The van der Waals surface area contributed by atoms with Gasteiger partial charge in [-0.15, -0.1) is 10.2 Å². The van der Waals surface area contributed by atoms with Crippen LogP contribution in [0.25, 0.3) is 22.1 Å². The number of carboxylic acid groups (broad SMARTS) is 2. The normalized spacial score (nSPS) is 17.0. The summed E-state index contributed by atoms with van der Waals surface area (Å²) in [6.45, 7) is 13.4. The Morgan fingerprint density at radius 2 is 0.897 bits per heavy atom. The molecule has 2 aliphatic heterocycles. The minimum absolute atomic E-state index is 0.195. The highest BCUT2D eigenvalue weighted by molar-refractivity contribution is 7.89. The van der Waals surface area contributed by atoms with Gasteiger partial charge in [-0.2, -0.15) is 8.61 Å². The summed E-state index contributed by atoms with van der Waals surface area (Å²) in [4.78, 5) is 29.1. The molecular weight excluding hydrogens is 1030 g/mol. The maximum absolute atomic E-state index is 13.7. The highest BCUT2D eigenvalue weighted by Crippen LogP contribution is 2.40. The van der Waals surface area contributed by atoms with Crippen molar-refractivity contribution in [3.05, 3.63) is 165 Å². The zero-order valence-corrected chi connectivity index (χ0v) is 47.2. The fourth-order valence-electron chi connectivity index (χ4n) is 11.0. The van der Waals surface area contributed by atoms with Gasteiger partial charge in [0.2, 0.25) is 20.0 Å². The summed E-state index contributed by atoms with van der Waals surface area (Å²) in [5.41, 5.74) is 13.3. The molecule has 0 radical (unpaired) electrons. The summed E-state index contributed by atoms with van der Waals surface area (Å²) in [7, 11) is -0.0114. The van der Waals surface area contributed by atoms with Crippen LogP contribution >= 0.6 is 0 Å². The van der Waals surface area contributed by atoms with E-state index in [0.717, 1.165) is 77.7 Å². The first-order valence-electron chi connectivity index (χ1n) is 25.8. The Kier molecular flexibility index (Phi) is 15.4. The smallest absolute Gasteiger partial charge is 0.307 e. The number of rotatable bonds is 12. The number of likely N-dealkylation sites (N-methyl/N-ethyl adjacent to an activating group) is 2. The van der Waals surface area contributed by atoms with E-state index in [4.69, 9.17) is 0 Å². The standard InChI is InChI=1S/2C29H33N5O4S/c2*1-18-10-11-21(27(20(3)29(35)36)23-12-13-25-28(19(23)2)30-31-33(25)5)16-22(18)17-34-15-14-32(4)24-8-6-7-9-26(24)39(34,37)38/h2*6-13,16,20,27H,14-15,17H2,1-5H3,(H,35,36). The number of carboxylic acids is 2. The van der Waals surface area contributed by atoms with Crippen LogP contribution in [0, 0.1) is 39.5 Å². The quantitative estimate of drug-likeness (QED) is 0.118. The molecule has 8 aromatic rings. The third-order valence-corrected chi connectivity index (χ3v) is 19.7. The Morgan fingerprint density at radius 1 is 0.526 bits per heavy atom. The molecule has 10 rings (SSSR count). The van der Waals surface area contributed by atoms with Gasteiger partial charge >= 0.3 is 11.9 Å². The number of fused-ring (bicyclic) bond motifs is 4. The molecule has 2 aliphatic rings. The van der Waals surface area contributed by atoms with Crippen molar-refractivity contribution in [3.63, 3.8) is 0 Å². The lowest BCUT2D eigenvalue weighted by atomic mass is 9.79. The molecule has 78 heavy (non-hydrogen) atoms. The highest BCUT2D eigenvalue weighted by atomic mass is 32.2. The van der Waals surface area contributed by atoms with Gasteiger partial charge in [-0.1, -0.05) is 97.1 Å². The summed E-state index contributed by atoms with van der Waals surface area (Å²) in [5.74, 6) is -4.18. The summed E-state index contributed by atoms with van der Waals surface area (Å²) in [5, 5.41) is 37.0. The summed E-state index contributed by atoms with van der Waals surface area (Å²) in [6, 6.07) is 33.6. The minimum Gasteiger partial charge on any atom is -0.481 e. The van der Waals surface area contributed by atoms with Gasteiger partial charge in [-0.05, 0) is 120 Å². The van der Waals surface area contributed by atoms with E-state index < -0.39 is 55.7 Å². The lowest BCUT2D eigenvalue weighted by Crippen LogP contribution is -2.33. The molecule has 0 saturated carbocycles. The van der Waals surface area contributed by atoms with Crippen LogP contribution in [0.2, 0.25) is 0 Å². The van der Waals surface area contributed by atoms with Crippen LogP contribution in [0.4, 0.5) is 11.4 Å². The Labute approximate surface area is 455 Å². The van der Waals surface area contributed by atoms with Gasteiger partial charge < -0.3 is 20.0 Å². The zero-order chi connectivity index (χ0) is 56.1. The average Bonchev–Trinajstić information content (AvgIpc) is 3.99. The van der Waals surface area contributed by atoms with Crippen LogP contribution in [0.5, 0.6) is 0 Å². The molecule has 0 spiro atoms. The molecule has 18 nitrogen and oxygen atoms in total. The van der Waals surface area contributed by atoms with Crippen molar-refractivity contribution in [1.82, 2.24) is 38.6 Å². The molecule has 0 fully saturated rings. The number of benzene rings is 6. The third-order valence-electron chi connectivity index (χ3n) is 15.9. The Hall–Kier alpha value is -7.52. The molecule has 4 unspecified atom stereocenters. The summed E-state index contributed by atoms with van der Waals surface area (Å²) >= 11 is 0. The number of hydrogen-bond acceptors (Lipinski definition) is 12. The zero-order valence-electron chi connectivity index (χ0n) is 45.6. The molecule has 0 amide bonds. The van der Waals surface area contributed by atoms with Crippen molar-refractivity contribution in [2.45, 2.75) is 76.3 Å². The van der Waals surface area contributed by atoms with Crippen molar-refractivity contribution < 1.29 is 36.6 Å². The molecule has 6 aromatic carbocycles. The first kappa shape index (κ1) is 55.2. The third kappa shape index (κ3) is 10.2. The van der Waals surface area contributed by atoms with Crippen molar-refractivity contribution in [2.75, 3.05) is 50.1 Å².